The van der Waals surface area contributed by atoms with E-state index in [4.69, 9.17) is 11.6 Å². The molecule has 2 atom stereocenters. The van der Waals surface area contributed by atoms with Crippen molar-refractivity contribution in [3.63, 3.8) is 0 Å². The van der Waals surface area contributed by atoms with E-state index in [-0.39, 0.29) is 16.8 Å². The number of halogens is 1. The summed E-state index contributed by atoms with van der Waals surface area (Å²) in [5.41, 5.74) is 1.07. The van der Waals surface area contributed by atoms with Crippen LogP contribution in [0.3, 0.4) is 0 Å². The van der Waals surface area contributed by atoms with E-state index in [2.05, 4.69) is 15.4 Å². The van der Waals surface area contributed by atoms with Gasteiger partial charge in [-0.3, -0.25) is 14.3 Å². The summed E-state index contributed by atoms with van der Waals surface area (Å²) in [5, 5.41) is 7.38. The Bertz CT molecular complexity index is 1130. The van der Waals surface area contributed by atoms with Crippen molar-refractivity contribution in [2.24, 2.45) is 14.1 Å². The highest BCUT2D eigenvalue weighted by atomic mass is 35.5. The summed E-state index contributed by atoms with van der Waals surface area (Å²) in [4.78, 5) is 33.1. The Morgan fingerprint density at radius 2 is 2.10 bits per heavy atom. The lowest BCUT2D eigenvalue weighted by atomic mass is 9.74. The van der Waals surface area contributed by atoms with Gasteiger partial charge < -0.3 is 14.8 Å². The number of para-hydroxylation sites is 1. The second-order valence-electron chi connectivity index (χ2n) is 7.48. The van der Waals surface area contributed by atoms with Gasteiger partial charge in [0.15, 0.2) is 0 Å². The number of hydrogen-bond acceptors (Lipinski definition) is 4. The van der Waals surface area contributed by atoms with Gasteiger partial charge in [0.1, 0.15) is 23.0 Å². The molecule has 29 heavy (non-hydrogen) atoms. The molecule has 9 heteroatoms. The third-order valence-corrected chi connectivity index (χ3v) is 6.32. The molecule has 0 unspecified atom stereocenters. The average molecular weight is 411 g/mol. The lowest BCUT2D eigenvalue weighted by Crippen LogP contribution is -2.44. The molecule has 148 valence electrons. The first-order valence-electron chi connectivity index (χ1n) is 9.32. The van der Waals surface area contributed by atoms with Crippen molar-refractivity contribution in [1.29, 1.82) is 0 Å². The fraction of sp³-hybridized carbons (Fsp3) is 0.300. The van der Waals surface area contributed by atoms with E-state index in [9.17, 15) is 9.59 Å². The van der Waals surface area contributed by atoms with Gasteiger partial charge in [-0.25, -0.2) is 4.98 Å². The summed E-state index contributed by atoms with van der Waals surface area (Å²) in [6, 6.07) is 7.08. The zero-order valence-electron chi connectivity index (χ0n) is 16.0. The number of rotatable bonds is 2. The number of aryl methyl sites for hydroxylation is 2. The molecular weight excluding hydrogens is 392 g/mol. The quantitative estimate of drug-likeness (QED) is 0.702. The van der Waals surface area contributed by atoms with Crippen molar-refractivity contribution < 1.29 is 9.59 Å². The summed E-state index contributed by atoms with van der Waals surface area (Å²) in [5.74, 6) is 0.274. The molecule has 1 fully saturated rings. The Morgan fingerprint density at radius 3 is 2.79 bits per heavy atom. The van der Waals surface area contributed by atoms with Gasteiger partial charge in [-0.2, -0.15) is 5.10 Å². The normalized spacial score (nSPS) is 22.9. The highest BCUT2D eigenvalue weighted by Gasteiger charge is 2.60. The monoisotopic (exact) mass is 410 g/mol. The van der Waals surface area contributed by atoms with Gasteiger partial charge in [-0.15, -0.1) is 0 Å². The first-order chi connectivity index (χ1) is 13.9. The summed E-state index contributed by atoms with van der Waals surface area (Å²) in [6.45, 7) is 0.402. The summed E-state index contributed by atoms with van der Waals surface area (Å²) in [7, 11) is 3.55. The van der Waals surface area contributed by atoms with Crippen molar-refractivity contribution in [1.82, 2.24) is 24.2 Å². The van der Waals surface area contributed by atoms with Crippen LogP contribution in [0.15, 0.2) is 42.9 Å². The van der Waals surface area contributed by atoms with Crippen LogP contribution < -0.4 is 5.32 Å². The van der Waals surface area contributed by atoms with E-state index in [0.29, 0.717) is 24.5 Å². The lowest BCUT2D eigenvalue weighted by Gasteiger charge is -2.33. The van der Waals surface area contributed by atoms with Gasteiger partial charge in [-0.05, 0) is 18.1 Å². The largest absolute Gasteiger partial charge is 0.336 e. The molecule has 2 aliphatic rings. The SMILES string of the molecule is Cn1ccnc1[C@@H]1N(C(=O)c2c(Cl)cnn2C)CC[C@]12C(=O)Nc1ccccc12. The number of nitrogens with zero attached hydrogens (tertiary/aromatic N) is 5. The number of likely N-dealkylation sites (tertiary alicyclic amines) is 1. The maximum atomic E-state index is 13.5. The Hall–Kier alpha value is -3.13. The van der Waals surface area contributed by atoms with E-state index in [1.165, 1.54) is 10.9 Å². The molecule has 2 amide bonds. The fourth-order valence-corrected chi connectivity index (χ4v) is 4.94. The van der Waals surface area contributed by atoms with Crippen LogP contribution in [-0.2, 0) is 24.3 Å². The van der Waals surface area contributed by atoms with Crippen LogP contribution in [0.5, 0.6) is 0 Å². The number of nitrogens with one attached hydrogen (secondary N) is 1. The number of aromatic nitrogens is 4. The average Bonchev–Trinajstić information content (AvgIpc) is 3.44. The molecule has 0 saturated carbocycles. The summed E-state index contributed by atoms with van der Waals surface area (Å²) < 4.78 is 3.32. The van der Waals surface area contributed by atoms with Gasteiger partial charge in [-0.1, -0.05) is 29.8 Å². The smallest absolute Gasteiger partial charge is 0.274 e. The van der Waals surface area contributed by atoms with E-state index in [1.807, 2.05) is 42.1 Å². The summed E-state index contributed by atoms with van der Waals surface area (Å²) >= 11 is 6.25. The fourth-order valence-electron chi connectivity index (χ4n) is 4.69. The van der Waals surface area contributed by atoms with Crippen molar-refractivity contribution in [3.05, 3.63) is 65.0 Å². The maximum Gasteiger partial charge on any atom is 0.274 e. The Labute approximate surface area is 172 Å². The molecule has 2 aromatic heterocycles. The van der Waals surface area contributed by atoms with E-state index < -0.39 is 11.5 Å². The molecule has 1 spiro atoms. The molecule has 2 aliphatic heterocycles. The number of anilines is 1. The molecule has 5 rings (SSSR count). The summed E-state index contributed by atoms with van der Waals surface area (Å²) in [6.07, 6.45) is 5.45. The third kappa shape index (κ3) is 2.32. The molecule has 8 nitrogen and oxygen atoms in total. The van der Waals surface area contributed by atoms with Gasteiger partial charge in [0.05, 0.1) is 11.2 Å². The number of carbonyl (C=O) groups is 2. The number of imidazole rings is 1. The number of benzene rings is 1. The predicted molar refractivity (Wildman–Crippen MR) is 107 cm³/mol. The minimum Gasteiger partial charge on any atom is -0.336 e. The zero-order chi connectivity index (χ0) is 20.3. The molecule has 0 radical (unpaired) electrons. The topological polar surface area (TPSA) is 85.1 Å². The minimum atomic E-state index is -0.906. The number of fused-ring (bicyclic) bond motifs is 2. The first kappa shape index (κ1) is 17.9. The molecule has 1 saturated heterocycles. The molecule has 1 N–H and O–H groups in total. The highest BCUT2D eigenvalue weighted by Crippen LogP contribution is 2.54. The molecule has 0 aliphatic carbocycles. The van der Waals surface area contributed by atoms with Crippen LogP contribution in [0.25, 0.3) is 0 Å². The highest BCUT2D eigenvalue weighted by molar-refractivity contribution is 6.33. The van der Waals surface area contributed by atoms with Gasteiger partial charge in [0, 0.05) is 38.7 Å². The number of carbonyl (C=O) groups excluding carboxylic acids is 2. The van der Waals surface area contributed by atoms with Crippen LogP contribution in [0.4, 0.5) is 5.69 Å². The Morgan fingerprint density at radius 1 is 1.31 bits per heavy atom. The van der Waals surface area contributed by atoms with Crippen LogP contribution in [0.1, 0.15) is 34.3 Å². The van der Waals surface area contributed by atoms with Crippen LogP contribution >= 0.6 is 11.6 Å². The molecular formula is C20H19ClN6O2. The molecule has 4 heterocycles. The van der Waals surface area contributed by atoms with Crippen molar-refractivity contribution in [3.8, 4) is 0 Å². The molecule has 1 aromatic carbocycles. The van der Waals surface area contributed by atoms with Crippen molar-refractivity contribution in [2.75, 3.05) is 11.9 Å². The minimum absolute atomic E-state index is 0.113. The van der Waals surface area contributed by atoms with Gasteiger partial charge in [0.2, 0.25) is 5.91 Å². The van der Waals surface area contributed by atoms with E-state index in [0.717, 1.165) is 11.3 Å². The predicted octanol–water partition coefficient (Wildman–Crippen LogP) is 2.28. The van der Waals surface area contributed by atoms with Gasteiger partial charge in [0.25, 0.3) is 5.91 Å². The Balaban J connectivity index is 1.70. The van der Waals surface area contributed by atoms with Crippen LogP contribution in [0.2, 0.25) is 5.02 Å². The number of hydrogen-bond donors (Lipinski definition) is 1. The second-order valence-corrected chi connectivity index (χ2v) is 7.89. The molecule has 0 bridgehead atoms. The number of amides is 2. The lowest BCUT2D eigenvalue weighted by molar-refractivity contribution is -0.121. The van der Waals surface area contributed by atoms with Gasteiger partial charge >= 0.3 is 0 Å². The molecule has 3 aromatic rings. The standard InChI is InChI=1S/C20H19ClN6O2/c1-25-10-8-22-17(25)16-20(12-5-3-4-6-14(12)24-19(20)29)7-9-27(16)18(28)15-13(21)11-23-26(15)2/h3-6,8,10-11,16H,7,9H2,1-2H3,(H,24,29)/t16-,20+/m0/s1. The second kappa shape index (κ2) is 6.18. The van der Waals surface area contributed by atoms with E-state index >= 15 is 0 Å². The van der Waals surface area contributed by atoms with Crippen molar-refractivity contribution in [2.45, 2.75) is 17.9 Å². The van der Waals surface area contributed by atoms with Crippen LogP contribution in [-0.4, -0.2) is 42.6 Å². The maximum absolute atomic E-state index is 13.5. The first-order valence-corrected chi connectivity index (χ1v) is 9.69. The van der Waals surface area contributed by atoms with E-state index in [1.54, 1.807) is 18.1 Å². The van der Waals surface area contributed by atoms with Crippen LogP contribution in [0, 0.1) is 0 Å². The van der Waals surface area contributed by atoms with Crippen molar-refractivity contribution >= 4 is 29.1 Å². The third-order valence-electron chi connectivity index (χ3n) is 6.05. The zero-order valence-corrected chi connectivity index (χ0v) is 16.7. The Kier molecular flexibility index (Phi) is 3.82.